The number of hydrogen-bond acceptors (Lipinski definition) is 10. The van der Waals surface area contributed by atoms with Gasteiger partial charge in [0.05, 0.1) is 18.6 Å². The largest absolute Gasteiger partial charge is 0.394 e. The Bertz CT molecular complexity index is 939. The van der Waals surface area contributed by atoms with E-state index in [1.165, 1.54) is 22.7 Å². The van der Waals surface area contributed by atoms with Crippen LogP contribution < -0.4 is 5.73 Å². The third-order valence-corrected chi connectivity index (χ3v) is 5.28. The smallest absolute Gasteiger partial charge is 0.223 e. The number of anilines is 1. The summed E-state index contributed by atoms with van der Waals surface area (Å²) < 4.78 is 7.04. The van der Waals surface area contributed by atoms with Gasteiger partial charge >= 0.3 is 0 Å². The highest BCUT2D eigenvalue weighted by Crippen LogP contribution is 2.33. The average molecular weight is 390 g/mol. The number of thioether (sulfide) groups is 1. The zero-order chi connectivity index (χ0) is 19.0. The molecule has 4 rings (SSSR count). The monoisotopic (exact) mass is 390 g/mol. The SMILES string of the molecule is Nc1nc(SCc2ccccn2)c2ncn([C@@H]3O[C@@H](CO)[C@@H](O)[C@H]3O)c2n1. The Hall–Kier alpha value is -2.31. The minimum absolute atomic E-state index is 0.0551. The molecule has 4 heterocycles. The molecule has 1 saturated heterocycles. The number of nitrogens with zero attached hydrogens (tertiary/aromatic N) is 5. The van der Waals surface area contributed by atoms with Crippen molar-refractivity contribution in [3.63, 3.8) is 0 Å². The van der Waals surface area contributed by atoms with Crippen molar-refractivity contribution in [2.45, 2.75) is 35.3 Å². The first kappa shape index (κ1) is 18.1. The molecule has 0 bridgehead atoms. The van der Waals surface area contributed by atoms with E-state index in [1.807, 2.05) is 18.2 Å². The fraction of sp³-hybridized carbons (Fsp3) is 0.375. The van der Waals surface area contributed by atoms with Crippen molar-refractivity contribution >= 4 is 28.9 Å². The molecule has 0 aliphatic carbocycles. The highest BCUT2D eigenvalue weighted by Gasteiger charge is 2.44. The Kier molecular flexibility index (Phi) is 4.93. The number of nitrogens with two attached hydrogens (primary N) is 1. The lowest BCUT2D eigenvalue weighted by Gasteiger charge is -2.16. The maximum Gasteiger partial charge on any atom is 0.223 e. The summed E-state index contributed by atoms with van der Waals surface area (Å²) in [5.41, 5.74) is 7.61. The van der Waals surface area contributed by atoms with Crippen LogP contribution in [0.4, 0.5) is 5.95 Å². The molecule has 0 radical (unpaired) electrons. The second-order valence-corrected chi connectivity index (χ2v) is 7.01. The first-order chi connectivity index (χ1) is 13.1. The topological polar surface area (TPSA) is 152 Å². The van der Waals surface area contributed by atoms with Gasteiger partial charge in [-0.25, -0.2) is 9.97 Å². The van der Waals surface area contributed by atoms with Gasteiger partial charge in [0.25, 0.3) is 0 Å². The summed E-state index contributed by atoms with van der Waals surface area (Å²) in [5, 5.41) is 30.1. The number of nitrogen functional groups attached to an aromatic ring is 1. The van der Waals surface area contributed by atoms with Crippen LogP contribution in [0.5, 0.6) is 0 Å². The van der Waals surface area contributed by atoms with Crippen molar-refractivity contribution in [3.8, 4) is 0 Å². The lowest BCUT2D eigenvalue weighted by molar-refractivity contribution is -0.0511. The summed E-state index contributed by atoms with van der Waals surface area (Å²) in [5.74, 6) is 0.632. The second-order valence-electron chi connectivity index (χ2n) is 6.05. The predicted molar refractivity (Wildman–Crippen MR) is 96.5 cm³/mol. The molecule has 3 aromatic heterocycles. The van der Waals surface area contributed by atoms with Crippen molar-refractivity contribution in [1.29, 1.82) is 0 Å². The molecule has 1 fully saturated rings. The van der Waals surface area contributed by atoms with Gasteiger partial charge in [0.2, 0.25) is 5.95 Å². The molecule has 3 aromatic rings. The predicted octanol–water partition coefficient (Wildman–Crippen LogP) is -0.293. The van der Waals surface area contributed by atoms with Gasteiger partial charge in [-0.2, -0.15) is 4.98 Å². The first-order valence-electron chi connectivity index (χ1n) is 8.23. The third kappa shape index (κ3) is 3.35. The van der Waals surface area contributed by atoms with Gasteiger partial charge in [-0.15, -0.1) is 0 Å². The minimum Gasteiger partial charge on any atom is -0.394 e. The number of aliphatic hydroxyl groups is 3. The average Bonchev–Trinajstić information content (AvgIpc) is 3.22. The van der Waals surface area contributed by atoms with Gasteiger partial charge < -0.3 is 25.8 Å². The van der Waals surface area contributed by atoms with Gasteiger partial charge in [-0.3, -0.25) is 9.55 Å². The van der Waals surface area contributed by atoms with Crippen molar-refractivity contribution in [2.24, 2.45) is 0 Å². The highest BCUT2D eigenvalue weighted by molar-refractivity contribution is 7.98. The van der Waals surface area contributed by atoms with Crippen LogP contribution >= 0.6 is 11.8 Å². The van der Waals surface area contributed by atoms with E-state index in [0.29, 0.717) is 21.9 Å². The molecule has 0 saturated carbocycles. The molecular weight excluding hydrogens is 372 g/mol. The van der Waals surface area contributed by atoms with Crippen molar-refractivity contribution < 1.29 is 20.1 Å². The number of fused-ring (bicyclic) bond motifs is 1. The molecule has 0 unspecified atom stereocenters. The quantitative estimate of drug-likeness (QED) is 0.337. The van der Waals surface area contributed by atoms with E-state index in [-0.39, 0.29) is 5.95 Å². The van der Waals surface area contributed by atoms with Crippen LogP contribution in [0.1, 0.15) is 11.9 Å². The minimum atomic E-state index is -1.24. The van der Waals surface area contributed by atoms with Crippen molar-refractivity contribution in [1.82, 2.24) is 24.5 Å². The number of rotatable bonds is 5. The van der Waals surface area contributed by atoms with E-state index in [1.54, 1.807) is 6.20 Å². The Balaban J connectivity index is 1.66. The second kappa shape index (κ2) is 7.37. The molecule has 0 amide bonds. The molecule has 1 aliphatic rings. The molecule has 5 N–H and O–H groups in total. The fourth-order valence-electron chi connectivity index (χ4n) is 2.93. The van der Waals surface area contributed by atoms with Gasteiger partial charge in [0.15, 0.2) is 11.9 Å². The number of imidazole rings is 1. The summed E-state index contributed by atoms with van der Waals surface area (Å²) in [4.78, 5) is 17.1. The van der Waals surface area contributed by atoms with Crippen LogP contribution in [0.15, 0.2) is 35.7 Å². The lowest BCUT2D eigenvalue weighted by atomic mass is 10.1. The van der Waals surface area contributed by atoms with Crippen LogP contribution in [0.3, 0.4) is 0 Å². The standard InChI is InChI=1S/C16H18N6O4S/c17-16-20-13-10(14(21-16)27-6-8-3-1-2-4-18-8)19-7-22(13)15-12(25)11(24)9(5-23)26-15/h1-4,7,9,11-12,15,23-25H,5-6H2,(H2,17,20,21)/t9-,11+,12+,15+/m0/s1. The van der Waals surface area contributed by atoms with Crippen LogP contribution in [0.25, 0.3) is 11.2 Å². The van der Waals surface area contributed by atoms with E-state index in [9.17, 15) is 15.3 Å². The highest BCUT2D eigenvalue weighted by atomic mass is 32.2. The zero-order valence-electron chi connectivity index (χ0n) is 14.1. The molecular formula is C16H18N6O4S. The Morgan fingerprint density at radius 1 is 1.19 bits per heavy atom. The maximum atomic E-state index is 10.3. The summed E-state index contributed by atoms with van der Waals surface area (Å²) >= 11 is 1.42. The molecule has 10 nitrogen and oxygen atoms in total. The number of pyridine rings is 1. The zero-order valence-corrected chi connectivity index (χ0v) is 14.9. The first-order valence-corrected chi connectivity index (χ1v) is 9.22. The van der Waals surface area contributed by atoms with Gasteiger partial charge in [0, 0.05) is 11.9 Å². The molecule has 0 aromatic carbocycles. The maximum absolute atomic E-state index is 10.3. The lowest BCUT2D eigenvalue weighted by Crippen LogP contribution is -2.33. The van der Waals surface area contributed by atoms with Gasteiger partial charge in [0.1, 0.15) is 28.9 Å². The van der Waals surface area contributed by atoms with E-state index in [4.69, 9.17) is 10.5 Å². The molecule has 4 atom stereocenters. The Morgan fingerprint density at radius 3 is 2.74 bits per heavy atom. The molecule has 142 valence electrons. The van der Waals surface area contributed by atoms with Crippen LogP contribution in [0.2, 0.25) is 0 Å². The van der Waals surface area contributed by atoms with Gasteiger partial charge in [-0.1, -0.05) is 17.8 Å². The number of aliphatic hydroxyl groups excluding tert-OH is 3. The van der Waals surface area contributed by atoms with Crippen LogP contribution in [0, 0.1) is 0 Å². The molecule has 1 aliphatic heterocycles. The van der Waals surface area contributed by atoms with Crippen LogP contribution in [-0.2, 0) is 10.5 Å². The van der Waals surface area contributed by atoms with E-state index in [0.717, 1.165) is 5.69 Å². The molecule has 11 heteroatoms. The Labute approximate surface area is 158 Å². The van der Waals surface area contributed by atoms with Crippen molar-refractivity contribution in [2.75, 3.05) is 12.3 Å². The van der Waals surface area contributed by atoms with Crippen molar-refractivity contribution in [3.05, 3.63) is 36.4 Å². The summed E-state index contributed by atoms with van der Waals surface area (Å²) in [7, 11) is 0. The third-order valence-electron chi connectivity index (χ3n) is 4.28. The number of hydrogen-bond donors (Lipinski definition) is 4. The number of ether oxygens (including phenoxy) is 1. The number of aromatic nitrogens is 5. The molecule has 0 spiro atoms. The molecule has 27 heavy (non-hydrogen) atoms. The summed E-state index contributed by atoms with van der Waals surface area (Å²) in [6, 6.07) is 5.66. The summed E-state index contributed by atoms with van der Waals surface area (Å²) in [6.07, 6.45) is -1.11. The van der Waals surface area contributed by atoms with Crippen LogP contribution in [-0.4, -0.2) is 64.7 Å². The summed E-state index contributed by atoms with van der Waals surface area (Å²) in [6.45, 7) is -0.413. The van der Waals surface area contributed by atoms with E-state index >= 15 is 0 Å². The fourth-order valence-corrected chi connectivity index (χ4v) is 3.82. The van der Waals surface area contributed by atoms with E-state index < -0.39 is 31.1 Å². The van der Waals surface area contributed by atoms with E-state index in [2.05, 4.69) is 19.9 Å². The Morgan fingerprint density at radius 2 is 2.04 bits per heavy atom. The van der Waals surface area contributed by atoms with Gasteiger partial charge in [-0.05, 0) is 12.1 Å². The normalized spacial score (nSPS) is 25.3.